The Morgan fingerprint density at radius 3 is 2.39 bits per heavy atom. The van der Waals surface area contributed by atoms with Gasteiger partial charge >= 0.3 is 0 Å². The second kappa shape index (κ2) is 9.77. The number of nitrogens with zero attached hydrogens (tertiary/aromatic N) is 4. The average molecular weight is 392 g/mol. The number of nitrogens with one attached hydrogen (secondary N) is 1. The zero-order valence-electron chi connectivity index (χ0n) is 18.0. The summed E-state index contributed by atoms with van der Waals surface area (Å²) in [6.45, 7) is 9.84. The van der Waals surface area contributed by atoms with Crippen molar-refractivity contribution >= 4 is 5.96 Å². The van der Waals surface area contributed by atoms with Gasteiger partial charge in [-0.05, 0) is 45.2 Å². The molecule has 4 aliphatic rings. The van der Waals surface area contributed by atoms with Crippen LogP contribution in [0.25, 0.3) is 0 Å². The van der Waals surface area contributed by atoms with Crippen molar-refractivity contribution in [3.8, 4) is 0 Å². The highest BCUT2D eigenvalue weighted by Gasteiger charge is 2.39. The highest BCUT2D eigenvalue weighted by Crippen LogP contribution is 2.35. The number of piperidine rings is 1. The Hall–Kier alpha value is -0.850. The maximum absolute atomic E-state index is 5.53. The second-order valence-electron chi connectivity index (χ2n) is 9.27. The number of morpholine rings is 1. The molecule has 0 spiro atoms. The Kier molecular flexibility index (Phi) is 7.13. The fourth-order valence-electron chi connectivity index (χ4n) is 5.93. The van der Waals surface area contributed by atoms with Crippen LogP contribution in [0.2, 0.25) is 0 Å². The molecule has 6 heteroatoms. The molecular weight excluding hydrogens is 350 g/mol. The zero-order chi connectivity index (χ0) is 19.2. The van der Waals surface area contributed by atoms with Crippen LogP contribution in [0.5, 0.6) is 0 Å². The SMILES string of the molecule is CN=C(NCC1(N2CCCCC2)CCCCC1)N1CCC(N2CCOCC2)C1. The third-order valence-electron chi connectivity index (χ3n) is 7.62. The Morgan fingerprint density at radius 1 is 0.964 bits per heavy atom. The van der Waals surface area contributed by atoms with Crippen LogP contribution in [0.4, 0.5) is 0 Å². The molecule has 1 saturated carbocycles. The summed E-state index contributed by atoms with van der Waals surface area (Å²) >= 11 is 0. The van der Waals surface area contributed by atoms with E-state index in [1.54, 1.807) is 0 Å². The van der Waals surface area contributed by atoms with E-state index < -0.39 is 0 Å². The monoisotopic (exact) mass is 391 g/mol. The van der Waals surface area contributed by atoms with Crippen molar-refractivity contribution < 1.29 is 4.74 Å². The molecule has 28 heavy (non-hydrogen) atoms. The van der Waals surface area contributed by atoms with E-state index in [-0.39, 0.29) is 0 Å². The van der Waals surface area contributed by atoms with Crippen LogP contribution in [-0.2, 0) is 4.74 Å². The average Bonchev–Trinajstić information content (AvgIpc) is 3.26. The van der Waals surface area contributed by atoms with Gasteiger partial charge in [0.2, 0.25) is 0 Å². The minimum absolute atomic E-state index is 0.359. The second-order valence-corrected chi connectivity index (χ2v) is 9.27. The Morgan fingerprint density at radius 2 is 1.68 bits per heavy atom. The van der Waals surface area contributed by atoms with Crippen molar-refractivity contribution in [1.29, 1.82) is 0 Å². The molecule has 3 aliphatic heterocycles. The fraction of sp³-hybridized carbons (Fsp3) is 0.955. The summed E-state index contributed by atoms with van der Waals surface area (Å²) < 4.78 is 5.53. The molecule has 3 heterocycles. The van der Waals surface area contributed by atoms with Crippen LogP contribution in [-0.4, -0.2) is 98.3 Å². The van der Waals surface area contributed by atoms with E-state index in [0.717, 1.165) is 51.9 Å². The van der Waals surface area contributed by atoms with E-state index in [9.17, 15) is 0 Å². The van der Waals surface area contributed by atoms with Gasteiger partial charge in [-0.3, -0.25) is 14.8 Å². The Balaban J connectivity index is 1.34. The highest BCUT2D eigenvalue weighted by atomic mass is 16.5. The van der Waals surface area contributed by atoms with Crippen LogP contribution in [0.1, 0.15) is 57.8 Å². The van der Waals surface area contributed by atoms with Crippen molar-refractivity contribution in [3.05, 3.63) is 0 Å². The predicted molar refractivity (Wildman–Crippen MR) is 115 cm³/mol. The molecular formula is C22H41N5O. The van der Waals surface area contributed by atoms with Gasteiger partial charge in [0.25, 0.3) is 0 Å². The number of guanidine groups is 1. The molecule has 3 saturated heterocycles. The minimum atomic E-state index is 0.359. The van der Waals surface area contributed by atoms with E-state index >= 15 is 0 Å². The van der Waals surface area contributed by atoms with Crippen LogP contribution in [0, 0.1) is 0 Å². The molecule has 160 valence electrons. The van der Waals surface area contributed by atoms with Gasteiger partial charge in [0.05, 0.1) is 13.2 Å². The summed E-state index contributed by atoms with van der Waals surface area (Å²) in [5.41, 5.74) is 0.359. The maximum atomic E-state index is 5.53. The van der Waals surface area contributed by atoms with Gasteiger partial charge in [-0.25, -0.2) is 0 Å². The van der Waals surface area contributed by atoms with E-state index in [1.807, 2.05) is 7.05 Å². The molecule has 0 aromatic heterocycles. The molecule has 1 N–H and O–H groups in total. The lowest BCUT2D eigenvalue weighted by atomic mass is 9.79. The van der Waals surface area contributed by atoms with Crippen LogP contribution in [0.3, 0.4) is 0 Å². The molecule has 0 aromatic rings. The summed E-state index contributed by atoms with van der Waals surface area (Å²) in [7, 11) is 1.96. The molecule has 0 radical (unpaired) electrons. The van der Waals surface area contributed by atoms with Gasteiger partial charge in [-0.2, -0.15) is 0 Å². The first-order valence-corrected chi connectivity index (χ1v) is 11.8. The number of hydrogen-bond donors (Lipinski definition) is 1. The molecule has 4 rings (SSSR count). The number of hydrogen-bond acceptors (Lipinski definition) is 4. The highest BCUT2D eigenvalue weighted by molar-refractivity contribution is 5.80. The summed E-state index contributed by atoms with van der Waals surface area (Å²) in [6, 6.07) is 0.660. The van der Waals surface area contributed by atoms with Crippen molar-refractivity contribution in [2.24, 2.45) is 4.99 Å². The molecule has 1 unspecified atom stereocenters. The molecule has 0 aromatic carbocycles. The van der Waals surface area contributed by atoms with Gasteiger partial charge in [0.1, 0.15) is 0 Å². The van der Waals surface area contributed by atoms with E-state index in [4.69, 9.17) is 4.74 Å². The summed E-state index contributed by atoms with van der Waals surface area (Å²) in [4.78, 5) is 12.6. The molecule has 1 aliphatic carbocycles. The van der Waals surface area contributed by atoms with Crippen LogP contribution < -0.4 is 5.32 Å². The van der Waals surface area contributed by atoms with E-state index in [1.165, 1.54) is 70.9 Å². The number of ether oxygens (including phenoxy) is 1. The molecule has 0 bridgehead atoms. The standard InChI is InChI=1S/C22H41N5O/c1-23-21(26-13-8-20(18-26)25-14-16-28-17-15-25)24-19-22(9-4-2-5-10-22)27-11-6-3-7-12-27/h20H,2-19H2,1H3,(H,23,24). The van der Waals surface area contributed by atoms with Crippen molar-refractivity contribution in [3.63, 3.8) is 0 Å². The van der Waals surface area contributed by atoms with Crippen molar-refractivity contribution in [2.45, 2.75) is 69.4 Å². The molecule has 6 nitrogen and oxygen atoms in total. The largest absolute Gasteiger partial charge is 0.379 e. The van der Waals surface area contributed by atoms with Gasteiger partial charge < -0.3 is 15.0 Å². The molecule has 4 fully saturated rings. The lowest BCUT2D eigenvalue weighted by Crippen LogP contribution is -2.59. The van der Waals surface area contributed by atoms with E-state index in [0.29, 0.717) is 11.6 Å². The topological polar surface area (TPSA) is 43.3 Å². The third kappa shape index (κ3) is 4.65. The molecule has 1 atom stereocenters. The normalized spacial score (nSPS) is 30.5. The van der Waals surface area contributed by atoms with Gasteiger partial charge in [0.15, 0.2) is 5.96 Å². The van der Waals surface area contributed by atoms with Crippen LogP contribution >= 0.6 is 0 Å². The van der Waals surface area contributed by atoms with Gasteiger partial charge in [-0.15, -0.1) is 0 Å². The first kappa shape index (κ1) is 20.4. The lowest BCUT2D eigenvalue weighted by Gasteiger charge is -2.48. The third-order valence-corrected chi connectivity index (χ3v) is 7.62. The minimum Gasteiger partial charge on any atom is -0.379 e. The Bertz CT molecular complexity index is 507. The first-order chi connectivity index (χ1) is 13.8. The fourth-order valence-corrected chi connectivity index (χ4v) is 5.93. The van der Waals surface area contributed by atoms with Gasteiger partial charge in [0, 0.05) is 51.4 Å². The number of rotatable bonds is 4. The number of aliphatic imine (C=N–C) groups is 1. The zero-order valence-corrected chi connectivity index (χ0v) is 18.0. The van der Waals surface area contributed by atoms with Crippen molar-refractivity contribution in [1.82, 2.24) is 20.0 Å². The number of likely N-dealkylation sites (tertiary alicyclic amines) is 2. The first-order valence-electron chi connectivity index (χ1n) is 11.8. The Labute approximate surface area is 171 Å². The predicted octanol–water partition coefficient (Wildman–Crippen LogP) is 2.16. The van der Waals surface area contributed by atoms with Gasteiger partial charge in [-0.1, -0.05) is 25.7 Å². The lowest BCUT2D eigenvalue weighted by molar-refractivity contribution is 0.0193. The summed E-state index contributed by atoms with van der Waals surface area (Å²) in [5.74, 6) is 1.12. The van der Waals surface area contributed by atoms with E-state index in [2.05, 4.69) is 25.0 Å². The van der Waals surface area contributed by atoms with Crippen molar-refractivity contribution in [2.75, 3.05) is 66.1 Å². The summed E-state index contributed by atoms with van der Waals surface area (Å²) in [5, 5.41) is 3.83. The smallest absolute Gasteiger partial charge is 0.193 e. The quantitative estimate of drug-likeness (QED) is 0.588. The maximum Gasteiger partial charge on any atom is 0.193 e. The van der Waals surface area contributed by atoms with Crippen LogP contribution in [0.15, 0.2) is 4.99 Å². The summed E-state index contributed by atoms with van der Waals surface area (Å²) in [6.07, 6.45) is 12.3. The molecule has 0 amide bonds.